The molecule has 1 aliphatic heterocycles. The van der Waals surface area contributed by atoms with Crippen molar-refractivity contribution in [2.24, 2.45) is 0 Å². The minimum Gasteiger partial charge on any atom is -0.461 e. The molecule has 0 radical (unpaired) electrons. The van der Waals surface area contributed by atoms with Gasteiger partial charge in [0.1, 0.15) is 53.9 Å². The van der Waals surface area contributed by atoms with Gasteiger partial charge in [-0.25, -0.2) is 23.9 Å². The maximum atomic E-state index is 14.1. The zero-order chi connectivity index (χ0) is 30.0. The van der Waals surface area contributed by atoms with Crippen LogP contribution in [-0.4, -0.2) is 72.3 Å². The van der Waals surface area contributed by atoms with Gasteiger partial charge in [-0.15, -0.1) is 0 Å². The molecule has 13 nitrogen and oxygen atoms in total. The highest BCUT2D eigenvalue weighted by Crippen LogP contribution is 2.48. The maximum Gasteiger partial charge on any atom is 0.459 e. The summed E-state index contributed by atoms with van der Waals surface area (Å²) >= 11 is 0. The highest BCUT2D eigenvalue weighted by atomic mass is 31.2. The molecule has 5 rings (SSSR count). The number of carbonyl (C=O) groups excluding carboxylic acids is 1. The summed E-state index contributed by atoms with van der Waals surface area (Å²) in [4.78, 5) is 25.5. The van der Waals surface area contributed by atoms with Gasteiger partial charge in [-0.05, 0) is 70.7 Å². The van der Waals surface area contributed by atoms with Crippen molar-refractivity contribution in [2.45, 2.75) is 95.7 Å². The van der Waals surface area contributed by atoms with Crippen LogP contribution in [0.3, 0.4) is 0 Å². The molecular formula is C27H35FN5O8P. The Morgan fingerprint density at radius 3 is 2.55 bits per heavy atom. The summed E-state index contributed by atoms with van der Waals surface area (Å²) in [5, 5.41) is 24.4. The number of ether oxygens (including phenoxy) is 2. The van der Waals surface area contributed by atoms with E-state index in [0.29, 0.717) is 16.9 Å². The van der Waals surface area contributed by atoms with Gasteiger partial charge >= 0.3 is 13.7 Å². The molecule has 1 saturated heterocycles. The fraction of sp³-hybridized carbons (Fsp3) is 0.556. The van der Waals surface area contributed by atoms with E-state index in [0.717, 1.165) is 44.2 Å². The molecule has 0 bridgehead atoms. The minimum absolute atomic E-state index is 0.0121. The molecule has 3 heterocycles. The van der Waals surface area contributed by atoms with Crippen LogP contribution >= 0.6 is 7.75 Å². The third-order valence-corrected chi connectivity index (χ3v) is 9.20. The van der Waals surface area contributed by atoms with Gasteiger partial charge in [0.05, 0.1) is 18.1 Å². The second-order valence-corrected chi connectivity index (χ2v) is 12.3. The number of aryl methyl sites for hydroxylation is 1. The van der Waals surface area contributed by atoms with Gasteiger partial charge in [-0.1, -0.05) is 6.42 Å². The molecule has 1 saturated carbocycles. The molecule has 2 aromatic heterocycles. The van der Waals surface area contributed by atoms with E-state index in [1.165, 1.54) is 43.2 Å². The molecule has 2 fully saturated rings. The Labute approximate surface area is 242 Å². The van der Waals surface area contributed by atoms with Gasteiger partial charge in [0.15, 0.2) is 11.9 Å². The molecule has 3 aromatic rings. The summed E-state index contributed by atoms with van der Waals surface area (Å²) < 4.78 is 52.1. The number of halogens is 1. The molecule has 0 amide bonds. The van der Waals surface area contributed by atoms with E-state index >= 15 is 0 Å². The number of fused-ring (bicyclic) bond motifs is 1. The van der Waals surface area contributed by atoms with Crippen molar-refractivity contribution in [1.29, 1.82) is 0 Å². The van der Waals surface area contributed by atoms with Gasteiger partial charge in [-0.3, -0.25) is 13.9 Å². The first-order valence-electron chi connectivity index (χ1n) is 13.9. The Hall–Kier alpha value is -3.00. The monoisotopic (exact) mass is 607 g/mol. The molecular weight excluding hydrogens is 572 g/mol. The second kappa shape index (κ2) is 12.7. The quantitative estimate of drug-likeness (QED) is 0.228. The van der Waals surface area contributed by atoms with Gasteiger partial charge < -0.3 is 24.2 Å². The van der Waals surface area contributed by atoms with E-state index in [2.05, 4.69) is 20.0 Å². The number of aliphatic hydroxyl groups excluding tert-OH is 2. The van der Waals surface area contributed by atoms with Crippen molar-refractivity contribution in [2.75, 3.05) is 0 Å². The van der Waals surface area contributed by atoms with Crippen molar-refractivity contribution in [3.8, 4) is 5.75 Å². The summed E-state index contributed by atoms with van der Waals surface area (Å²) in [5.41, 5.74) is 1.53. The van der Waals surface area contributed by atoms with Crippen LogP contribution in [0.2, 0.25) is 0 Å². The highest BCUT2D eigenvalue weighted by molar-refractivity contribution is 7.52. The summed E-state index contributed by atoms with van der Waals surface area (Å²) in [5.74, 6) is -1.14. The van der Waals surface area contributed by atoms with Crippen LogP contribution in [-0.2, 0) is 23.4 Å². The van der Waals surface area contributed by atoms with Gasteiger partial charge in [0.25, 0.3) is 0 Å². The van der Waals surface area contributed by atoms with Gasteiger partial charge in [0.2, 0.25) is 0 Å². The molecule has 228 valence electrons. The average Bonchev–Trinajstić information content (AvgIpc) is 3.52. The lowest BCUT2D eigenvalue weighted by Crippen LogP contribution is -2.41. The lowest BCUT2D eigenvalue weighted by molar-refractivity contribution is -0.152. The molecule has 5 unspecified atom stereocenters. The van der Waals surface area contributed by atoms with Crippen molar-refractivity contribution in [3.05, 3.63) is 48.4 Å². The number of esters is 1. The normalized spacial score (nSPS) is 26.0. The number of imidazole rings is 1. The predicted molar refractivity (Wildman–Crippen MR) is 147 cm³/mol. The first-order valence-corrected chi connectivity index (χ1v) is 15.5. The highest BCUT2D eigenvalue weighted by Gasteiger charge is 2.49. The molecule has 15 heteroatoms. The molecule has 42 heavy (non-hydrogen) atoms. The number of carbonyl (C=O) groups is 1. The first-order chi connectivity index (χ1) is 20.0. The van der Waals surface area contributed by atoms with E-state index in [1.807, 2.05) is 0 Å². The summed E-state index contributed by atoms with van der Waals surface area (Å²) in [6.45, 7) is 4.71. The van der Waals surface area contributed by atoms with Crippen molar-refractivity contribution >= 4 is 24.9 Å². The summed E-state index contributed by atoms with van der Waals surface area (Å²) in [6, 6.07) is 3.66. The van der Waals surface area contributed by atoms with Crippen LogP contribution in [0.4, 0.5) is 4.39 Å². The Kier molecular flexibility index (Phi) is 9.21. The standard InChI is InChI=1S/C27H35FN5O8P/c1-15-21-25(30-13-29-15)33(14-31-21)26-23(35)22(34)24(39-26)17(3)40-42(37,41-20-11-9-18(28)10-12-20)32-16(2)27(36)38-19-7-5-4-6-8-19/h9-14,16-17,19,22-24,26,34-35H,4-8H2,1-3H3,(H,32,37)/t16?,17?,22-,23+,24?,26?,42?/m0/s1. The van der Waals surface area contributed by atoms with E-state index < -0.39 is 56.2 Å². The number of aromatic nitrogens is 4. The maximum absolute atomic E-state index is 14.1. The number of rotatable bonds is 10. The predicted octanol–water partition coefficient (Wildman–Crippen LogP) is 3.34. The Morgan fingerprint density at radius 2 is 1.83 bits per heavy atom. The SMILES string of the molecule is Cc1ncnc2c1ncn2C1OC(C(C)OP(=O)(NC(C)C(=O)OC2CCCCC2)Oc2ccc(F)cc2)[C@@H](O)[C@H]1O. The molecule has 2 aliphatic rings. The molecule has 1 aromatic carbocycles. The fourth-order valence-corrected chi connectivity index (χ4v) is 6.88. The minimum atomic E-state index is -4.39. The van der Waals surface area contributed by atoms with Crippen LogP contribution in [0.25, 0.3) is 11.2 Å². The average molecular weight is 608 g/mol. The summed E-state index contributed by atoms with van der Waals surface area (Å²) in [7, 11) is -4.39. The number of hydrogen-bond donors (Lipinski definition) is 3. The Balaban J connectivity index is 1.33. The van der Waals surface area contributed by atoms with Gasteiger partial charge in [-0.2, -0.15) is 5.09 Å². The third-order valence-electron chi connectivity index (χ3n) is 7.44. The van der Waals surface area contributed by atoms with Crippen LogP contribution in [0.5, 0.6) is 5.75 Å². The van der Waals surface area contributed by atoms with Crippen molar-refractivity contribution in [1.82, 2.24) is 24.6 Å². The lowest BCUT2D eigenvalue weighted by atomic mass is 9.98. The van der Waals surface area contributed by atoms with E-state index in [1.54, 1.807) is 6.92 Å². The zero-order valence-electron chi connectivity index (χ0n) is 23.5. The molecule has 7 atom stereocenters. The third kappa shape index (κ3) is 6.64. The van der Waals surface area contributed by atoms with Crippen LogP contribution in [0.15, 0.2) is 36.9 Å². The molecule has 1 aliphatic carbocycles. The zero-order valence-corrected chi connectivity index (χ0v) is 24.4. The Bertz CT molecular complexity index is 1440. The number of nitrogens with one attached hydrogen (secondary N) is 1. The number of hydrogen-bond acceptors (Lipinski definition) is 11. The number of benzene rings is 1. The van der Waals surface area contributed by atoms with E-state index in [9.17, 15) is 24.0 Å². The van der Waals surface area contributed by atoms with E-state index in [4.69, 9.17) is 18.5 Å². The van der Waals surface area contributed by atoms with Crippen molar-refractivity contribution in [3.63, 3.8) is 0 Å². The Morgan fingerprint density at radius 1 is 1.12 bits per heavy atom. The topological polar surface area (TPSA) is 167 Å². The van der Waals surface area contributed by atoms with Crippen LogP contribution in [0.1, 0.15) is 57.9 Å². The largest absolute Gasteiger partial charge is 0.461 e. The molecule has 3 N–H and O–H groups in total. The van der Waals surface area contributed by atoms with Crippen LogP contribution < -0.4 is 9.61 Å². The number of nitrogens with zero attached hydrogens (tertiary/aromatic N) is 4. The smallest absolute Gasteiger partial charge is 0.459 e. The second-order valence-electron chi connectivity index (χ2n) is 10.7. The van der Waals surface area contributed by atoms with Gasteiger partial charge in [0, 0.05) is 0 Å². The van der Waals surface area contributed by atoms with Crippen molar-refractivity contribution < 1.29 is 42.5 Å². The fourth-order valence-electron chi connectivity index (χ4n) is 5.19. The first kappa shape index (κ1) is 30.5. The molecule has 0 spiro atoms. The van der Waals surface area contributed by atoms with Crippen LogP contribution in [0, 0.1) is 12.7 Å². The summed E-state index contributed by atoms with van der Waals surface area (Å²) in [6.07, 6.45) is 0.804. The van der Waals surface area contributed by atoms with E-state index in [-0.39, 0.29) is 11.9 Å². The lowest BCUT2D eigenvalue weighted by Gasteiger charge is -2.29. The number of aliphatic hydroxyl groups is 2.